The molecule has 1 unspecified atom stereocenters. The fourth-order valence-electron chi connectivity index (χ4n) is 1.67. The first-order valence-electron chi connectivity index (χ1n) is 6.23. The maximum atomic E-state index is 11.6. The Morgan fingerprint density at radius 1 is 1.53 bits per heavy atom. The van der Waals surface area contributed by atoms with Crippen molar-refractivity contribution in [1.82, 2.24) is 5.32 Å². The van der Waals surface area contributed by atoms with Crippen LogP contribution in [-0.4, -0.2) is 24.8 Å². The lowest BCUT2D eigenvalue weighted by Crippen LogP contribution is -2.35. The zero-order valence-corrected chi connectivity index (χ0v) is 12.7. The van der Waals surface area contributed by atoms with Gasteiger partial charge in [0.05, 0.1) is 4.47 Å². The first kappa shape index (κ1) is 15.7. The van der Waals surface area contributed by atoms with E-state index in [2.05, 4.69) is 28.2 Å². The number of halogens is 1. The van der Waals surface area contributed by atoms with Crippen LogP contribution in [0.3, 0.4) is 0 Å². The van der Waals surface area contributed by atoms with E-state index in [0.717, 1.165) is 19.1 Å². The number of carbonyl (C=O) groups excluding carboxylic acids is 2. The van der Waals surface area contributed by atoms with Crippen molar-refractivity contribution in [2.45, 2.75) is 32.7 Å². The summed E-state index contributed by atoms with van der Waals surface area (Å²) in [4.78, 5) is 22.2. The minimum atomic E-state index is -0.146. The molecule has 0 radical (unpaired) electrons. The van der Waals surface area contributed by atoms with Gasteiger partial charge in [-0.3, -0.25) is 9.59 Å². The third kappa shape index (κ3) is 5.42. The molecule has 4 nitrogen and oxygen atoms in total. The highest BCUT2D eigenvalue weighted by Gasteiger charge is 2.09. The Kier molecular flexibility index (Phi) is 6.56. The third-order valence-electron chi connectivity index (χ3n) is 2.58. The highest BCUT2D eigenvalue weighted by Crippen LogP contribution is 2.25. The topological polar surface area (TPSA) is 55.4 Å². The maximum Gasteiger partial charge on any atom is 0.258 e. The Hall–Kier alpha value is -1.36. The van der Waals surface area contributed by atoms with E-state index in [4.69, 9.17) is 4.74 Å². The molecule has 0 heterocycles. The summed E-state index contributed by atoms with van der Waals surface area (Å²) in [5, 5.41) is 2.86. The van der Waals surface area contributed by atoms with Crippen molar-refractivity contribution in [2.24, 2.45) is 0 Å². The van der Waals surface area contributed by atoms with Crippen LogP contribution in [0.2, 0.25) is 0 Å². The van der Waals surface area contributed by atoms with Crippen LogP contribution >= 0.6 is 15.9 Å². The molecule has 1 rings (SSSR count). The molecule has 5 heteroatoms. The minimum Gasteiger partial charge on any atom is -0.483 e. The molecule has 0 saturated carbocycles. The van der Waals surface area contributed by atoms with E-state index >= 15 is 0 Å². The number of rotatable bonds is 7. The summed E-state index contributed by atoms with van der Waals surface area (Å²) in [7, 11) is 0. The number of ether oxygens (including phenoxy) is 1. The molecular formula is C14H18BrNO3. The predicted octanol–water partition coefficient (Wildman–Crippen LogP) is 2.95. The van der Waals surface area contributed by atoms with Crippen molar-refractivity contribution in [3.05, 3.63) is 28.2 Å². The van der Waals surface area contributed by atoms with E-state index in [-0.39, 0.29) is 18.6 Å². The Balaban J connectivity index is 2.48. The molecule has 1 aromatic rings. The van der Waals surface area contributed by atoms with Crippen LogP contribution in [0.4, 0.5) is 0 Å². The molecule has 0 spiro atoms. The van der Waals surface area contributed by atoms with Gasteiger partial charge in [-0.15, -0.1) is 0 Å². The van der Waals surface area contributed by atoms with Gasteiger partial charge >= 0.3 is 0 Å². The van der Waals surface area contributed by atoms with Crippen molar-refractivity contribution in [2.75, 3.05) is 6.61 Å². The number of aldehydes is 1. The van der Waals surface area contributed by atoms with Crippen molar-refractivity contribution in [3.8, 4) is 5.75 Å². The second-order valence-electron chi connectivity index (χ2n) is 4.35. The largest absolute Gasteiger partial charge is 0.483 e. The molecule has 0 saturated heterocycles. The van der Waals surface area contributed by atoms with Gasteiger partial charge in [0.15, 0.2) is 6.61 Å². The molecule has 0 aliphatic rings. The molecule has 1 amide bonds. The van der Waals surface area contributed by atoms with E-state index in [1.54, 1.807) is 18.2 Å². The normalized spacial score (nSPS) is 11.7. The number of carbonyl (C=O) groups is 2. The SMILES string of the molecule is CCCC(C)NC(=O)COc1ccc(C=O)cc1Br. The maximum absolute atomic E-state index is 11.6. The van der Waals surface area contributed by atoms with Gasteiger partial charge in [0.1, 0.15) is 12.0 Å². The summed E-state index contributed by atoms with van der Waals surface area (Å²) in [5.41, 5.74) is 0.556. The Bertz CT molecular complexity index is 448. The number of benzene rings is 1. The third-order valence-corrected chi connectivity index (χ3v) is 3.20. The first-order valence-corrected chi connectivity index (χ1v) is 7.03. The van der Waals surface area contributed by atoms with E-state index in [0.29, 0.717) is 15.8 Å². The summed E-state index contributed by atoms with van der Waals surface area (Å²) < 4.78 is 6.06. The van der Waals surface area contributed by atoms with Crippen LogP contribution in [0.25, 0.3) is 0 Å². The Labute approximate surface area is 121 Å². The molecule has 104 valence electrons. The van der Waals surface area contributed by atoms with Gasteiger partial charge in [-0.05, 0) is 47.5 Å². The molecular weight excluding hydrogens is 310 g/mol. The van der Waals surface area contributed by atoms with E-state index in [9.17, 15) is 9.59 Å². The fraction of sp³-hybridized carbons (Fsp3) is 0.429. The Morgan fingerprint density at radius 3 is 2.84 bits per heavy atom. The van der Waals surface area contributed by atoms with Gasteiger partial charge in [0.2, 0.25) is 0 Å². The number of hydrogen-bond acceptors (Lipinski definition) is 3. The van der Waals surface area contributed by atoms with Gasteiger partial charge in [0.25, 0.3) is 5.91 Å². The van der Waals surface area contributed by atoms with E-state index in [1.807, 2.05) is 6.92 Å². The van der Waals surface area contributed by atoms with E-state index in [1.165, 1.54) is 0 Å². The smallest absolute Gasteiger partial charge is 0.258 e. The molecule has 1 aromatic carbocycles. The van der Waals surface area contributed by atoms with Crippen molar-refractivity contribution >= 4 is 28.1 Å². The molecule has 0 fully saturated rings. The fourth-order valence-corrected chi connectivity index (χ4v) is 2.18. The standard InChI is InChI=1S/C14H18BrNO3/c1-3-4-10(2)16-14(18)9-19-13-6-5-11(8-17)7-12(13)15/h5-8,10H,3-4,9H2,1-2H3,(H,16,18). The summed E-state index contributed by atoms with van der Waals surface area (Å²) in [5.74, 6) is 0.399. The molecule has 0 aliphatic heterocycles. The lowest BCUT2D eigenvalue weighted by Gasteiger charge is -2.13. The molecule has 19 heavy (non-hydrogen) atoms. The molecule has 0 bridgehead atoms. The van der Waals surface area contributed by atoms with Gasteiger partial charge in [-0.1, -0.05) is 13.3 Å². The number of hydrogen-bond donors (Lipinski definition) is 1. The lowest BCUT2D eigenvalue weighted by molar-refractivity contribution is -0.123. The van der Waals surface area contributed by atoms with Gasteiger partial charge in [-0.2, -0.15) is 0 Å². The van der Waals surface area contributed by atoms with Crippen LogP contribution < -0.4 is 10.1 Å². The van der Waals surface area contributed by atoms with Crippen molar-refractivity contribution in [3.63, 3.8) is 0 Å². The summed E-state index contributed by atoms with van der Waals surface area (Å²) in [6, 6.07) is 5.11. The van der Waals surface area contributed by atoms with Crippen molar-refractivity contribution < 1.29 is 14.3 Å². The minimum absolute atomic E-state index is 0.0346. The average molecular weight is 328 g/mol. The number of amides is 1. The second-order valence-corrected chi connectivity index (χ2v) is 5.21. The molecule has 1 atom stereocenters. The molecule has 0 aromatic heterocycles. The monoisotopic (exact) mass is 327 g/mol. The summed E-state index contributed by atoms with van der Waals surface area (Å²) in [6.07, 6.45) is 2.73. The van der Waals surface area contributed by atoms with Gasteiger partial charge in [-0.25, -0.2) is 0 Å². The van der Waals surface area contributed by atoms with Gasteiger partial charge < -0.3 is 10.1 Å². The van der Waals surface area contributed by atoms with Crippen LogP contribution in [0.1, 0.15) is 37.0 Å². The second kappa shape index (κ2) is 7.94. The van der Waals surface area contributed by atoms with E-state index < -0.39 is 0 Å². The average Bonchev–Trinajstić information content (AvgIpc) is 2.37. The highest BCUT2D eigenvalue weighted by atomic mass is 79.9. The van der Waals surface area contributed by atoms with Gasteiger partial charge in [0, 0.05) is 11.6 Å². The molecule has 0 aliphatic carbocycles. The zero-order valence-electron chi connectivity index (χ0n) is 11.1. The highest BCUT2D eigenvalue weighted by molar-refractivity contribution is 9.10. The van der Waals surface area contributed by atoms with Crippen LogP contribution in [-0.2, 0) is 4.79 Å². The molecule has 1 N–H and O–H groups in total. The van der Waals surface area contributed by atoms with Crippen LogP contribution in [0.5, 0.6) is 5.75 Å². The zero-order chi connectivity index (χ0) is 14.3. The summed E-state index contributed by atoms with van der Waals surface area (Å²) >= 11 is 3.30. The Morgan fingerprint density at radius 2 is 2.26 bits per heavy atom. The van der Waals surface area contributed by atoms with Crippen molar-refractivity contribution in [1.29, 1.82) is 0 Å². The van der Waals surface area contributed by atoms with Crippen LogP contribution in [0.15, 0.2) is 22.7 Å². The summed E-state index contributed by atoms with van der Waals surface area (Å²) in [6.45, 7) is 4.01. The number of nitrogens with one attached hydrogen (secondary N) is 1. The quantitative estimate of drug-likeness (QED) is 0.783. The lowest BCUT2D eigenvalue weighted by atomic mass is 10.2. The van der Waals surface area contributed by atoms with Crippen LogP contribution in [0, 0.1) is 0 Å². The first-order chi connectivity index (χ1) is 9.06. The predicted molar refractivity (Wildman–Crippen MR) is 77.5 cm³/mol.